The van der Waals surface area contributed by atoms with Crippen molar-refractivity contribution in [2.75, 3.05) is 0 Å². The molecule has 3 nitrogen and oxygen atoms in total. The van der Waals surface area contributed by atoms with Gasteiger partial charge in [-0.15, -0.1) is 0 Å². The first-order chi connectivity index (χ1) is 4.04. The van der Waals surface area contributed by atoms with Crippen LogP contribution in [0.1, 0.15) is 6.92 Å². The van der Waals surface area contributed by atoms with Crippen LogP contribution in [-0.4, -0.2) is 5.29 Å². The van der Waals surface area contributed by atoms with Crippen molar-refractivity contribution >= 4 is 28.5 Å². The molecule has 0 saturated heterocycles. The first kappa shape index (κ1) is 8.59. The molecule has 0 unspecified atom stereocenters. The SMILES string of the molecule is C/C(N=C(N)Cl)=C(/N)Cl. The summed E-state index contributed by atoms with van der Waals surface area (Å²) in [5.41, 5.74) is 10.5. The van der Waals surface area contributed by atoms with Crippen molar-refractivity contribution in [1.29, 1.82) is 0 Å². The molecule has 0 spiro atoms. The topological polar surface area (TPSA) is 64.4 Å². The van der Waals surface area contributed by atoms with E-state index in [1.807, 2.05) is 0 Å². The predicted octanol–water partition coefficient (Wildman–Crippen LogP) is 0.926. The minimum atomic E-state index is -0.0731. The Kier molecular flexibility index (Phi) is 3.42. The first-order valence-corrected chi connectivity index (χ1v) is 2.91. The number of nitrogens with two attached hydrogens (primary N) is 2. The van der Waals surface area contributed by atoms with Gasteiger partial charge >= 0.3 is 0 Å². The molecule has 9 heavy (non-hydrogen) atoms. The lowest BCUT2D eigenvalue weighted by Gasteiger charge is -1.91. The molecule has 0 amide bonds. The molecule has 52 valence electrons. The zero-order valence-electron chi connectivity index (χ0n) is 4.86. The van der Waals surface area contributed by atoms with Crippen molar-refractivity contribution in [2.45, 2.75) is 6.92 Å². The Balaban J connectivity index is 4.25. The second-order valence-electron chi connectivity index (χ2n) is 1.37. The summed E-state index contributed by atoms with van der Waals surface area (Å²) < 4.78 is 0. The van der Waals surface area contributed by atoms with Crippen molar-refractivity contribution in [3.05, 3.63) is 10.9 Å². The fourth-order valence-corrected chi connectivity index (χ4v) is 0.383. The summed E-state index contributed by atoms with van der Waals surface area (Å²) in [6.07, 6.45) is 0. The number of amidine groups is 1. The quantitative estimate of drug-likeness (QED) is 0.347. The molecule has 4 N–H and O–H groups in total. The third-order valence-corrected chi connectivity index (χ3v) is 0.978. The van der Waals surface area contributed by atoms with Gasteiger partial charge in [0.25, 0.3) is 0 Å². The molecule has 0 rings (SSSR count). The smallest absolute Gasteiger partial charge is 0.193 e. The van der Waals surface area contributed by atoms with Gasteiger partial charge in [0, 0.05) is 0 Å². The summed E-state index contributed by atoms with van der Waals surface area (Å²) in [7, 11) is 0. The molecule has 0 atom stereocenters. The fourth-order valence-electron chi connectivity index (χ4n) is 0.214. The van der Waals surface area contributed by atoms with E-state index in [4.69, 9.17) is 34.7 Å². The van der Waals surface area contributed by atoms with Crippen LogP contribution in [0.2, 0.25) is 0 Å². The Morgan fingerprint density at radius 2 is 1.78 bits per heavy atom. The molecule has 0 aromatic heterocycles. The Hall–Kier alpha value is -0.410. The highest BCUT2D eigenvalue weighted by Crippen LogP contribution is 2.03. The summed E-state index contributed by atoms with van der Waals surface area (Å²) >= 11 is 10.5. The Morgan fingerprint density at radius 1 is 1.33 bits per heavy atom. The van der Waals surface area contributed by atoms with Gasteiger partial charge in [-0.3, -0.25) is 0 Å². The van der Waals surface area contributed by atoms with Crippen LogP contribution in [0.15, 0.2) is 15.8 Å². The number of hydrogen-bond acceptors (Lipinski definition) is 2. The highest BCUT2D eigenvalue weighted by molar-refractivity contribution is 6.64. The fraction of sp³-hybridized carbons (Fsp3) is 0.250. The summed E-state index contributed by atoms with van der Waals surface area (Å²) in [4.78, 5) is 3.56. The van der Waals surface area contributed by atoms with E-state index >= 15 is 0 Å². The molecule has 0 fully saturated rings. The zero-order chi connectivity index (χ0) is 7.44. The second kappa shape index (κ2) is 3.58. The van der Waals surface area contributed by atoms with Gasteiger partial charge in [-0.25, -0.2) is 4.99 Å². The van der Waals surface area contributed by atoms with Gasteiger partial charge in [0.2, 0.25) is 0 Å². The average Bonchev–Trinajstić information content (AvgIpc) is 1.63. The molecule has 0 saturated carbocycles. The van der Waals surface area contributed by atoms with Crippen LogP contribution in [0.25, 0.3) is 0 Å². The molecule has 5 heteroatoms. The lowest BCUT2D eigenvalue weighted by molar-refractivity contribution is 1.24. The number of rotatable bonds is 1. The van der Waals surface area contributed by atoms with Gasteiger partial charge < -0.3 is 11.5 Å². The Bertz CT molecular complexity index is 153. The van der Waals surface area contributed by atoms with Crippen LogP contribution in [0.5, 0.6) is 0 Å². The maximum Gasteiger partial charge on any atom is 0.193 e. The van der Waals surface area contributed by atoms with Gasteiger partial charge in [-0.2, -0.15) is 0 Å². The molecule has 0 radical (unpaired) electrons. The Morgan fingerprint density at radius 3 is 1.89 bits per heavy atom. The van der Waals surface area contributed by atoms with E-state index in [-0.39, 0.29) is 10.5 Å². The van der Waals surface area contributed by atoms with Gasteiger partial charge in [-0.1, -0.05) is 11.6 Å². The van der Waals surface area contributed by atoms with E-state index in [1.54, 1.807) is 6.92 Å². The van der Waals surface area contributed by atoms with Gasteiger partial charge in [-0.05, 0) is 18.5 Å². The summed E-state index contributed by atoms with van der Waals surface area (Å²) in [5.74, 6) is 0. The normalized spacial score (nSPS) is 15.2. The van der Waals surface area contributed by atoms with Crippen LogP contribution in [0.4, 0.5) is 0 Å². The highest BCUT2D eigenvalue weighted by Gasteiger charge is 1.90. The van der Waals surface area contributed by atoms with Crippen molar-refractivity contribution in [2.24, 2.45) is 16.5 Å². The molecule has 0 aromatic carbocycles. The summed E-state index contributed by atoms with van der Waals surface area (Å²) in [6, 6.07) is 0. The molecule has 0 aliphatic heterocycles. The van der Waals surface area contributed by atoms with E-state index in [0.29, 0.717) is 5.70 Å². The lowest BCUT2D eigenvalue weighted by atomic mass is 10.6. The first-order valence-electron chi connectivity index (χ1n) is 2.15. The van der Waals surface area contributed by atoms with Crippen molar-refractivity contribution in [3.63, 3.8) is 0 Å². The standard InChI is InChI=1S/C4H7Cl2N3/c1-2(3(5)7)9-4(6)8/h7H2,1H3,(H2,8,9)/b3-2-. The summed E-state index contributed by atoms with van der Waals surface area (Å²) in [5, 5.41) is 0.0229. The van der Waals surface area contributed by atoms with Gasteiger partial charge in [0.15, 0.2) is 5.29 Å². The number of allylic oxidation sites excluding steroid dienone is 1. The van der Waals surface area contributed by atoms with E-state index < -0.39 is 0 Å². The second-order valence-corrected chi connectivity index (χ2v) is 2.16. The molecule has 0 aromatic rings. The molecule has 0 heterocycles. The monoisotopic (exact) mass is 167 g/mol. The lowest BCUT2D eigenvalue weighted by Crippen LogP contribution is -2.02. The molecule has 0 aliphatic carbocycles. The maximum absolute atomic E-state index is 5.31. The third kappa shape index (κ3) is 4.12. The largest absolute Gasteiger partial charge is 0.388 e. The molecule has 0 bridgehead atoms. The van der Waals surface area contributed by atoms with Crippen molar-refractivity contribution in [3.8, 4) is 0 Å². The molecule has 0 aliphatic rings. The van der Waals surface area contributed by atoms with Crippen LogP contribution in [-0.2, 0) is 0 Å². The Labute approximate surface area is 63.3 Å². The van der Waals surface area contributed by atoms with E-state index in [2.05, 4.69) is 4.99 Å². The molecular weight excluding hydrogens is 161 g/mol. The molecular formula is C4H7Cl2N3. The number of nitrogens with zero attached hydrogens (tertiary/aromatic N) is 1. The predicted molar refractivity (Wildman–Crippen MR) is 40.2 cm³/mol. The van der Waals surface area contributed by atoms with E-state index in [9.17, 15) is 0 Å². The minimum absolute atomic E-state index is 0.0731. The minimum Gasteiger partial charge on any atom is -0.388 e. The van der Waals surface area contributed by atoms with Crippen LogP contribution >= 0.6 is 23.2 Å². The number of hydrogen-bond donors (Lipinski definition) is 2. The maximum atomic E-state index is 5.31. The third-order valence-electron chi connectivity index (χ3n) is 0.620. The van der Waals surface area contributed by atoms with E-state index in [0.717, 1.165) is 0 Å². The number of aliphatic imine (C=N–C) groups is 1. The van der Waals surface area contributed by atoms with Crippen LogP contribution in [0, 0.1) is 0 Å². The number of halogens is 2. The van der Waals surface area contributed by atoms with E-state index in [1.165, 1.54) is 0 Å². The van der Waals surface area contributed by atoms with Crippen LogP contribution < -0.4 is 11.5 Å². The van der Waals surface area contributed by atoms with Gasteiger partial charge in [0.05, 0.1) is 5.70 Å². The van der Waals surface area contributed by atoms with Crippen LogP contribution in [0.3, 0.4) is 0 Å². The van der Waals surface area contributed by atoms with Gasteiger partial charge in [0.1, 0.15) is 5.16 Å². The zero-order valence-corrected chi connectivity index (χ0v) is 6.37. The average molecular weight is 168 g/mol. The highest BCUT2D eigenvalue weighted by atomic mass is 35.5. The summed E-state index contributed by atoms with van der Waals surface area (Å²) in [6.45, 7) is 1.61. The van der Waals surface area contributed by atoms with Crippen molar-refractivity contribution < 1.29 is 0 Å². The van der Waals surface area contributed by atoms with Crippen molar-refractivity contribution in [1.82, 2.24) is 0 Å².